The second-order valence-corrected chi connectivity index (χ2v) is 3.42. The SMILES string of the molecule is O=C([O-])C(=O)[O-].[NH3+]CC(=O)NCC(=O)O.[NH3+]CC(=O)NCC(=O)O. The summed E-state index contributed by atoms with van der Waals surface area (Å²) in [5.41, 5.74) is 6.52. The third-order valence-electron chi connectivity index (χ3n) is 1.49. The molecule has 0 unspecified atom stereocenters. The van der Waals surface area contributed by atoms with Crippen molar-refractivity contribution >= 4 is 35.7 Å². The maximum Gasteiger partial charge on any atom is 0.322 e. The predicted molar refractivity (Wildman–Crippen MR) is 66.8 cm³/mol. The van der Waals surface area contributed by atoms with Crippen LogP contribution in [0, 0.1) is 0 Å². The molecule has 10 N–H and O–H groups in total. The monoisotopic (exact) mass is 354 g/mol. The molecule has 0 radical (unpaired) electrons. The molecule has 14 heteroatoms. The van der Waals surface area contributed by atoms with E-state index in [1.165, 1.54) is 0 Å². The summed E-state index contributed by atoms with van der Waals surface area (Å²) in [6.07, 6.45) is 0. The first-order valence-corrected chi connectivity index (χ1v) is 5.95. The molecule has 0 aromatic rings. The van der Waals surface area contributed by atoms with Crippen molar-refractivity contribution in [2.24, 2.45) is 0 Å². The smallest absolute Gasteiger partial charge is 0.322 e. The highest BCUT2D eigenvalue weighted by Gasteiger charge is 2.01. The van der Waals surface area contributed by atoms with Crippen molar-refractivity contribution in [1.82, 2.24) is 10.6 Å². The molecule has 0 spiro atoms. The number of carbonyl (C=O) groups excluding carboxylic acids is 4. The molecule has 0 aliphatic carbocycles. The molecule has 0 aromatic carbocycles. The van der Waals surface area contributed by atoms with E-state index in [2.05, 4.69) is 22.1 Å². The quantitative estimate of drug-likeness (QED) is 0.245. The van der Waals surface area contributed by atoms with Crippen molar-refractivity contribution in [1.29, 1.82) is 0 Å². The third kappa shape index (κ3) is 27.1. The molecule has 0 atom stereocenters. The fourth-order valence-electron chi connectivity index (χ4n) is 0.525. The van der Waals surface area contributed by atoms with Gasteiger partial charge in [-0.1, -0.05) is 0 Å². The number of carboxylic acid groups (broad SMARTS) is 4. The molecule has 138 valence electrons. The van der Waals surface area contributed by atoms with Crippen LogP contribution in [0.1, 0.15) is 0 Å². The number of carboxylic acids is 4. The van der Waals surface area contributed by atoms with Crippen LogP contribution < -0.4 is 32.3 Å². The lowest BCUT2D eigenvalue weighted by Crippen LogP contribution is -2.57. The van der Waals surface area contributed by atoms with Gasteiger partial charge in [0.15, 0.2) is 13.1 Å². The topological polar surface area (TPSA) is 268 Å². The summed E-state index contributed by atoms with van der Waals surface area (Å²) in [6.45, 7) is -0.497. The number of aliphatic carboxylic acids is 4. The molecule has 24 heavy (non-hydrogen) atoms. The highest BCUT2D eigenvalue weighted by molar-refractivity contribution is 6.25. The van der Waals surface area contributed by atoms with E-state index in [1.54, 1.807) is 0 Å². The number of carbonyl (C=O) groups is 6. The van der Waals surface area contributed by atoms with Gasteiger partial charge in [-0.3, -0.25) is 19.2 Å². The van der Waals surface area contributed by atoms with Crippen molar-refractivity contribution in [2.45, 2.75) is 0 Å². The van der Waals surface area contributed by atoms with Gasteiger partial charge in [-0.15, -0.1) is 0 Å². The molecule has 14 nitrogen and oxygen atoms in total. The Bertz CT molecular complexity index is 423. The van der Waals surface area contributed by atoms with Gasteiger partial charge in [0.05, 0.1) is 11.9 Å². The standard InChI is InChI=1S/2C4H8N2O3.C2H2O4/c2*5-1-3(7)6-2-4(8)9;3-1(4)2(5)6/h2*1-2,5H2,(H,6,7)(H,8,9);(H,3,4)(H,5,6). The van der Waals surface area contributed by atoms with Crippen LogP contribution in [0.25, 0.3) is 0 Å². The summed E-state index contributed by atoms with van der Waals surface area (Å²) in [5.74, 6) is -7.16. The summed E-state index contributed by atoms with van der Waals surface area (Å²) in [5, 5.41) is 38.2. The molecule has 0 rings (SSSR count). The lowest BCUT2D eigenvalue weighted by Gasteiger charge is -1.97. The van der Waals surface area contributed by atoms with Crippen LogP contribution in [0.3, 0.4) is 0 Å². The minimum Gasteiger partial charge on any atom is -0.543 e. The van der Waals surface area contributed by atoms with Gasteiger partial charge in [0.1, 0.15) is 13.1 Å². The van der Waals surface area contributed by atoms with Crippen LogP contribution in [-0.4, -0.2) is 72.1 Å². The molecule has 2 amide bonds. The molecular formula is C10H18N4O10. The average Bonchev–Trinajstić information content (AvgIpc) is 2.51. The van der Waals surface area contributed by atoms with E-state index < -0.39 is 23.9 Å². The van der Waals surface area contributed by atoms with E-state index in [1.807, 2.05) is 0 Å². The molecular weight excluding hydrogens is 336 g/mol. The first-order chi connectivity index (χ1) is 11.0. The Balaban J connectivity index is -0.000000282. The highest BCUT2D eigenvalue weighted by atomic mass is 16.4. The zero-order valence-electron chi connectivity index (χ0n) is 12.4. The largest absolute Gasteiger partial charge is 0.543 e. The van der Waals surface area contributed by atoms with Crippen LogP contribution in [0.5, 0.6) is 0 Å². The molecule has 0 aliphatic rings. The second kappa shape index (κ2) is 16.1. The fraction of sp³-hybridized carbons (Fsp3) is 0.400. The van der Waals surface area contributed by atoms with Crippen LogP contribution in [-0.2, 0) is 28.8 Å². The van der Waals surface area contributed by atoms with E-state index in [-0.39, 0.29) is 38.0 Å². The first kappa shape index (κ1) is 25.7. The van der Waals surface area contributed by atoms with Gasteiger partial charge in [0, 0.05) is 0 Å². The van der Waals surface area contributed by atoms with Crippen LogP contribution >= 0.6 is 0 Å². The molecule has 0 heterocycles. The Morgan fingerprint density at radius 2 is 0.958 bits per heavy atom. The first-order valence-electron chi connectivity index (χ1n) is 5.95. The lowest BCUT2D eigenvalue weighted by atomic mass is 10.5. The van der Waals surface area contributed by atoms with E-state index in [4.69, 9.17) is 30.0 Å². The zero-order chi connectivity index (χ0) is 19.7. The minimum absolute atomic E-state index is 0.0767. The average molecular weight is 354 g/mol. The summed E-state index contributed by atoms with van der Waals surface area (Å²) < 4.78 is 0. The van der Waals surface area contributed by atoms with Crippen molar-refractivity contribution in [2.75, 3.05) is 26.2 Å². The summed E-state index contributed by atoms with van der Waals surface area (Å²) in [7, 11) is 0. The van der Waals surface area contributed by atoms with E-state index >= 15 is 0 Å². The molecule has 0 fully saturated rings. The van der Waals surface area contributed by atoms with E-state index in [9.17, 15) is 19.2 Å². The number of amides is 2. The number of hydrogen-bond acceptors (Lipinski definition) is 8. The molecule has 0 aromatic heterocycles. The summed E-state index contributed by atoms with van der Waals surface area (Å²) >= 11 is 0. The Labute approximate surface area is 134 Å². The van der Waals surface area contributed by atoms with Gasteiger partial charge in [-0.05, 0) is 0 Å². The number of rotatable bonds is 6. The summed E-state index contributed by atoms with van der Waals surface area (Å²) in [6, 6.07) is 0. The van der Waals surface area contributed by atoms with Crippen molar-refractivity contribution in [3.05, 3.63) is 0 Å². The Morgan fingerprint density at radius 1 is 0.708 bits per heavy atom. The number of nitrogens with one attached hydrogen (secondary N) is 2. The van der Waals surface area contributed by atoms with Gasteiger partial charge >= 0.3 is 11.9 Å². The minimum atomic E-state index is -2.19. The van der Waals surface area contributed by atoms with E-state index in [0.717, 1.165) is 0 Å². The number of hydrogen-bond donors (Lipinski definition) is 6. The van der Waals surface area contributed by atoms with Crippen LogP contribution in [0.15, 0.2) is 0 Å². The Kier molecular flexibility index (Phi) is 17.2. The predicted octanol–water partition coefficient (Wildman–Crippen LogP) is -8.66. The number of quaternary nitrogens is 2. The van der Waals surface area contributed by atoms with Crippen LogP contribution in [0.4, 0.5) is 0 Å². The normalized spacial score (nSPS) is 8.25. The fourth-order valence-corrected chi connectivity index (χ4v) is 0.525. The second-order valence-electron chi connectivity index (χ2n) is 3.42. The van der Waals surface area contributed by atoms with E-state index in [0.29, 0.717) is 0 Å². The van der Waals surface area contributed by atoms with Gasteiger partial charge in [0.2, 0.25) is 0 Å². The third-order valence-corrected chi connectivity index (χ3v) is 1.49. The maximum absolute atomic E-state index is 10.3. The maximum atomic E-state index is 10.3. The molecule has 0 saturated heterocycles. The van der Waals surface area contributed by atoms with Crippen molar-refractivity contribution < 1.29 is 60.7 Å². The highest BCUT2D eigenvalue weighted by Crippen LogP contribution is 1.60. The molecule has 0 aliphatic heterocycles. The summed E-state index contributed by atoms with van der Waals surface area (Å²) in [4.78, 5) is 58.0. The molecule has 0 saturated carbocycles. The molecule has 0 bridgehead atoms. The van der Waals surface area contributed by atoms with Gasteiger partial charge < -0.3 is 52.1 Å². The van der Waals surface area contributed by atoms with Gasteiger partial charge in [-0.25, -0.2) is 0 Å². The lowest BCUT2D eigenvalue weighted by molar-refractivity contribution is -0.355. The zero-order valence-corrected chi connectivity index (χ0v) is 12.4. The van der Waals surface area contributed by atoms with Crippen molar-refractivity contribution in [3.8, 4) is 0 Å². The van der Waals surface area contributed by atoms with Crippen LogP contribution in [0.2, 0.25) is 0 Å². The Hall–Kier alpha value is -3.26. The van der Waals surface area contributed by atoms with Gasteiger partial charge in [-0.2, -0.15) is 0 Å². The Morgan fingerprint density at radius 3 is 1.08 bits per heavy atom. The van der Waals surface area contributed by atoms with Gasteiger partial charge in [0.25, 0.3) is 11.8 Å². The van der Waals surface area contributed by atoms with Crippen molar-refractivity contribution in [3.63, 3.8) is 0 Å².